The molecule has 0 aliphatic rings. The van der Waals surface area contributed by atoms with Crippen molar-refractivity contribution in [3.63, 3.8) is 0 Å². The first kappa shape index (κ1) is 13.1. The number of aromatic nitrogens is 1. The lowest BCUT2D eigenvalue weighted by Crippen LogP contribution is -2.20. The van der Waals surface area contributed by atoms with E-state index in [4.69, 9.17) is 9.26 Å². The monoisotopic (exact) mass is 264 g/mol. The van der Waals surface area contributed by atoms with Crippen molar-refractivity contribution in [1.29, 1.82) is 0 Å². The summed E-state index contributed by atoms with van der Waals surface area (Å²) in [6.45, 7) is 3.27. The zero-order valence-electron chi connectivity index (χ0n) is 10.6. The lowest BCUT2D eigenvalue weighted by Gasteiger charge is -2.08. The van der Waals surface area contributed by atoms with E-state index in [0.717, 1.165) is 5.56 Å². The van der Waals surface area contributed by atoms with Crippen LogP contribution < -0.4 is 10.1 Å². The molecule has 0 bridgehead atoms. The molecule has 19 heavy (non-hydrogen) atoms. The van der Waals surface area contributed by atoms with Gasteiger partial charge in [-0.2, -0.15) is 0 Å². The average molecular weight is 264 g/mol. The van der Waals surface area contributed by atoms with E-state index in [2.05, 4.69) is 10.5 Å². The molecule has 0 aliphatic carbocycles. The number of anilines is 1. The van der Waals surface area contributed by atoms with Crippen LogP contribution >= 0.6 is 0 Å². The summed E-state index contributed by atoms with van der Waals surface area (Å²) in [5.41, 5.74) is 1.19. The van der Waals surface area contributed by atoms with Crippen LogP contribution in [-0.4, -0.2) is 17.7 Å². The second kappa shape index (κ2) is 5.51. The Morgan fingerprint density at radius 1 is 1.42 bits per heavy atom. The molecule has 1 N–H and O–H groups in total. The van der Waals surface area contributed by atoms with Crippen molar-refractivity contribution in [3.8, 4) is 5.88 Å². The van der Waals surface area contributed by atoms with Crippen LogP contribution in [-0.2, 0) is 4.79 Å². The van der Waals surface area contributed by atoms with Gasteiger partial charge in [0, 0.05) is 11.8 Å². The third-order valence-corrected chi connectivity index (χ3v) is 2.43. The van der Waals surface area contributed by atoms with Gasteiger partial charge in [-0.3, -0.25) is 4.79 Å². The van der Waals surface area contributed by atoms with Crippen LogP contribution in [0.25, 0.3) is 0 Å². The van der Waals surface area contributed by atoms with E-state index < -0.39 is 11.7 Å². The first-order valence-electron chi connectivity index (χ1n) is 5.67. The summed E-state index contributed by atoms with van der Waals surface area (Å²) in [6.07, 6.45) is 0. The highest BCUT2D eigenvalue weighted by Crippen LogP contribution is 2.16. The topological polar surface area (TPSA) is 64.4 Å². The Balaban J connectivity index is 1.92. The van der Waals surface area contributed by atoms with Crippen molar-refractivity contribution < 1.29 is 18.4 Å². The van der Waals surface area contributed by atoms with Gasteiger partial charge in [0.25, 0.3) is 11.8 Å². The van der Waals surface area contributed by atoms with Gasteiger partial charge in [-0.15, -0.1) is 0 Å². The van der Waals surface area contributed by atoms with Gasteiger partial charge in [0.15, 0.2) is 6.61 Å². The molecule has 0 saturated heterocycles. The number of benzene rings is 1. The number of hydrogen-bond acceptors (Lipinski definition) is 4. The number of aryl methyl sites for hydroxylation is 2. The number of carbonyl (C=O) groups is 1. The zero-order chi connectivity index (χ0) is 13.8. The fraction of sp³-hybridized carbons (Fsp3) is 0.231. The smallest absolute Gasteiger partial charge is 0.262 e. The summed E-state index contributed by atoms with van der Waals surface area (Å²) < 4.78 is 23.0. The minimum Gasteiger partial charge on any atom is -0.465 e. The number of nitrogens with one attached hydrogen (secondary N) is 1. The van der Waals surface area contributed by atoms with Crippen LogP contribution in [0.2, 0.25) is 0 Å². The van der Waals surface area contributed by atoms with E-state index in [1.54, 1.807) is 26.0 Å². The Morgan fingerprint density at radius 3 is 2.89 bits per heavy atom. The Morgan fingerprint density at radius 2 is 2.21 bits per heavy atom. The molecule has 1 aromatic heterocycles. The van der Waals surface area contributed by atoms with Crippen LogP contribution in [0.3, 0.4) is 0 Å². The highest BCUT2D eigenvalue weighted by atomic mass is 19.1. The molecule has 2 rings (SSSR count). The van der Waals surface area contributed by atoms with E-state index in [9.17, 15) is 9.18 Å². The van der Waals surface area contributed by atoms with E-state index in [1.165, 1.54) is 12.1 Å². The van der Waals surface area contributed by atoms with Crippen LogP contribution in [0.5, 0.6) is 5.88 Å². The second-order valence-corrected chi connectivity index (χ2v) is 4.07. The third kappa shape index (κ3) is 3.54. The fourth-order valence-corrected chi connectivity index (χ4v) is 1.47. The van der Waals surface area contributed by atoms with E-state index in [0.29, 0.717) is 11.4 Å². The zero-order valence-corrected chi connectivity index (χ0v) is 10.6. The van der Waals surface area contributed by atoms with Crippen molar-refractivity contribution in [3.05, 3.63) is 41.4 Å². The first-order chi connectivity index (χ1) is 9.04. The summed E-state index contributed by atoms with van der Waals surface area (Å²) in [7, 11) is 0. The maximum Gasteiger partial charge on any atom is 0.262 e. The van der Waals surface area contributed by atoms with Gasteiger partial charge in [-0.05, 0) is 36.7 Å². The van der Waals surface area contributed by atoms with E-state index in [1.807, 2.05) is 0 Å². The molecule has 100 valence electrons. The number of rotatable bonds is 4. The summed E-state index contributed by atoms with van der Waals surface area (Å²) in [5.74, 6) is 0.0308. The van der Waals surface area contributed by atoms with Crippen LogP contribution in [0.1, 0.15) is 11.3 Å². The number of nitrogens with zero attached hydrogens (tertiary/aromatic N) is 1. The average Bonchev–Trinajstić information content (AvgIpc) is 2.77. The SMILES string of the molecule is Cc1cc(OCC(=O)Nc2cc(F)ccc2C)no1. The molecule has 0 spiro atoms. The Bertz CT molecular complexity index is 595. The molecule has 0 atom stereocenters. The molecule has 1 amide bonds. The molecular formula is C13H13FN2O3. The lowest BCUT2D eigenvalue weighted by molar-refractivity contribution is -0.118. The van der Waals surface area contributed by atoms with Crippen molar-refractivity contribution >= 4 is 11.6 Å². The largest absolute Gasteiger partial charge is 0.465 e. The van der Waals surface area contributed by atoms with Gasteiger partial charge in [0.1, 0.15) is 11.6 Å². The standard InChI is InChI=1S/C13H13FN2O3/c1-8-3-4-10(14)6-11(8)15-12(17)7-18-13-5-9(2)19-16-13/h3-6H,7H2,1-2H3,(H,15,17). The predicted octanol–water partition coefficient (Wildman–Crippen LogP) is 2.45. The fourth-order valence-electron chi connectivity index (χ4n) is 1.47. The van der Waals surface area contributed by atoms with Gasteiger partial charge in [0.05, 0.1) is 0 Å². The minimum atomic E-state index is -0.408. The molecule has 0 fully saturated rings. The molecule has 0 saturated carbocycles. The molecule has 5 nitrogen and oxygen atoms in total. The van der Waals surface area contributed by atoms with Crippen molar-refractivity contribution in [1.82, 2.24) is 5.16 Å². The van der Waals surface area contributed by atoms with E-state index >= 15 is 0 Å². The predicted molar refractivity (Wildman–Crippen MR) is 66.5 cm³/mol. The first-order valence-corrected chi connectivity index (χ1v) is 5.67. The van der Waals surface area contributed by atoms with E-state index in [-0.39, 0.29) is 12.5 Å². The molecular weight excluding hydrogens is 251 g/mol. The van der Waals surface area contributed by atoms with Gasteiger partial charge >= 0.3 is 0 Å². The number of carbonyl (C=O) groups excluding carboxylic acids is 1. The number of amides is 1. The molecule has 0 radical (unpaired) electrons. The Kier molecular flexibility index (Phi) is 3.79. The maximum atomic E-state index is 13.0. The molecule has 2 aromatic rings. The Hall–Kier alpha value is -2.37. The quantitative estimate of drug-likeness (QED) is 0.921. The summed E-state index contributed by atoms with van der Waals surface area (Å²) in [6, 6.07) is 5.75. The van der Waals surface area contributed by atoms with Crippen LogP contribution in [0.4, 0.5) is 10.1 Å². The lowest BCUT2D eigenvalue weighted by atomic mass is 10.2. The minimum absolute atomic E-state index is 0.220. The Labute approximate surface area is 109 Å². The van der Waals surface area contributed by atoms with Crippen LogP contribution in [0.15, 0.2) is 28.8 Å². The molecule has 1 heterocycles. The van der Waals surface area contributed by atoms with Gasteiger partial charge in [0.2, 0.25) is 0 Å². The van der Waals surface area contributed by atoms with Gasteiger partial charge in [-0.1, -0.05) is 6.07 Å². The number of hydrogen-bond donors (Lipinski definition) is 1. The summed E-state index contributed by atoms with van der Waals surface area (Å²) in [5, 5.41) is 6.15. The second-order valence-electron chi connectivity index (χ2n) is 4.07. The molecule has 0 unspecified atom stereocenters. The van der Waals surface area contributed by atoms with Crippen molar-refractivity contribution in [2.45, 2.75) is 13.8 Å². The molecule has 1 aromatic carbocycles. The highest BCUT2D eigenvalue weighted by Gasteiger charge is 2.08. The highest BCUT2D eigenvalue weighted by molar-refractivity contribution is 5.92. The molecule has 6 heteroatoms. The van der Waals surface area contributed by atoms with Crippen molar-refractivity contribution in [2.75, 3.05) is 11.9 Å². The summed E-state index contributed by atoms with van der Waals surface area (Å²) in [4.78, 5) is 11.6. The third-order valence-electron chi connectivity index (χ3n) is 2.43. The molecule has 0 aliphatic heterocycles. The summed E-state index contributed by atoms with van der Waals surface area (Å²) >= 11 is 0. The maximum absolute atomic E-state index is 13.0. The van der Waals surface area contributed by atoms with Gasteiger partial charge < -0.3 is 14.6 Å². The van der Waals surface area contributed by atoms with Gasteiger partial charge in [-0.25, -0.2) is 4.39 Å². The number of halogens is 1. The van der Waals surface area contributed by atoms with Crippen molar-refractivity contribution in [2.24, 2.45) is 0 Å². The number of ether oxygens (including phenoxy) is 1. The normalized spacial score (nSPS) is 10.3. The van der Waals surface area contributed by atoms with Crippen LogP contribution in [0, 0.1) is 19.7 Å².